The minimum atomic E-state index is -0.701. The number of carbonyl (C=O) groups is 2. The zero-order valence-electron chi connectivity index (χ0n) is 27.7. The molecule has 1 saturated carbocycles. The molecule has 2 saturated heterocycles. The second-order valence-electron chi connectivity index (χ2n) is 13.4. The van der Waals surface area contributed by atoms with E-state index in [2.05, 4.69) is 23.9 Å². The molecule has 3 fully saturated rings. The van der Waals surface area contributed by atoms with Crippen molar-refractivity contribution in [1.82, 2.24) is 9.80 Å². The van der Waals surface area contributed by atoms with Gasteiger partial charge in [-0.05, 0) is 126 Å². The van der Waals surface area contributed by atoms with Crippen LogP contribution < -0.4 is 9.47 Å². The number of nitrogens with zero attached hydrogens (tertiary/aromatic N) is 2. The highest BCUT2D eigenvalue weighted by molar-refractivity contribution is 5.85. The van der Waals surface area contributed by atoms with Crippen molar-refractivity contribution in [3.63, 3.8) is 0 Å². The molecule has 2 aliphatic heterocycles. The van der Waals surface area contributed by atoms with Crippen LogP contribution in [0.1, 0.15) is 61.5 Å². The molecule has 0 atom stereocenters. The van der Waals surface area contributed by atoms with Crippen LogP contribution in [0.15, 0.2) is 36.4 Å². The molecule has 0 aromatic heterocycles. The van der Waals surface area contributed by atoms with Gasteiger partial charge in [-0.1, -0.05) is 12.1 Å². The average Bonchev–Trinajstić information content (AvgIpc) is 3.04. The third kappa shape index (κ3) is 7.72. The van der Waals surface area contributed by atoms with Crippen molar-refractivity contribution in [1.29, 1.82) is 0 Å². The molecule has 0 radical (unpaired) electrons. The first-order chi connectivity index (χ1) is 22.2. The lowest BCUT2D eigenvalue weighted by atomic mass is 9.52. The average molecular weight is 639 g/mol. The summed E-state index contributed by atoms with van der Waals surface area (Å²) in [6, 6.07) is 9.88. The molecular weight excluding hydrogens is 588 g/mol. The molecule has 0 unspecified atom stereocenters. The Morgan fingerprint density at radius 2 is 1.04 bits per heavy atom. The van der Waals surface area contributed by atoms with Crippen molar-refractivity contribution in [2.24, 2.45) is 23.7 Å². The van der Waals surface area contributed by atoms with Gasteiger partial charge in [-0.2, -0.15) is 0 Å². The van der Waals surface area contributed by atoms with Crippen LogP contribution >= 0.6 is 0 Å². The number of methoxy groups -OCH3 is 2. The van der Waals surface area contributed by atoms with Gasteiger partial charge >= 0.3 is 11.9 Å². The lowest BCUT2D eigenvalue weighted by molar-refractivity contribution is -0.168. The number of likely N-dealkylation sites (tertiary alicyclic amines) is 2. The number of hydrogen-bond acceptors (Lipinski definition) is 10. The van der Waals surface area contributed by atoms with Gasteiger partial charge in [0.15, 0.2) is 23.0 Å². The van der Waals surface area contributed by atoms with Gasteiger partial charge in [0.05, 0.1) is 39.3 Å². The molecule has 1 aliphatic carbocycles. The van der Waals surface area contributed by atoms with Crippen LogP contribution in [-0.2, 0) is 19.1 Å². The van der Waals surface area contributed by atoms with Gasteiger partial charge in [0.1, 0.15) is 0 Å². The van der Waals surface area contributed by atoms with Crippen LogP contribution in [0.25, 0.3) is 0 Å². The van der Waals surface area contributed by atoms with E-state index in [0.717, 1.165) is 64.7 Å². The van der Waals surface area contributed by atoms with E-state index in [4.69, 9.17) is 18.9 Å². The van der Waals surface area contributed by atoms with E-state index in [-0.39, 0.29) is 34.9 Å². The lowest BCUT2D eigenvalue weighted by Gasteiger charge is -2.49. The van der Waals surface area contributed by atoms with Gasteiger partial charge < -0.3 is 39.0 Å². The highest BCUT2D eigenvalue weighted by Crippen LogP contribution is 2.59. The third-order valence-electron chi connectivity index (χ3n) is 10.5. The van der Waals surface area contributed by atoms with Crippen LogP contribution in [-0.4, -0.2) is 99.7 Å². The van der Waals surface area contributed by atoms with E-state index < -0.39 is 23.7 Å². The number of phenols is 2. The highest BCUT2D eigenvalue weighted by Gasteiger charge is 2.60. The molecule has 0 bridgehead atoms. The molecule has 2 aromatic carbocycles. The number of ether oxygens (including phenoxy) is 4. The van der Waals surface area contributed by atoms with Crippen molar-refractivity contribution < 1.29 is 38.7 Å². The summed E-state index contributed by atoms with van der Waals surface area (Å²) < 4.78 is 22.7. The van der Waals surface area contributed by atoms with Crippen LogP contribution in [0, 0.1) is 23.7 Å². The Morgan fingerprint density at radius 3 is 1.39 bits per heavy atom. The fourth-order valence-electron chi connectivity index (χ4n) is 7.51. The Bertz CT molecular complexity index is 1230. The van der Waals surface area contributed by atoms with Crippen molar-refractivity contribution in [2.75, 3.05) is 67.7 Å². The summed E-state index contributed by atoms with van der Waals surface area (Å²) in [5.41, 5.74) is 1.37. The highest BCUT2D eigenvalue weighted by atomic mass is 16.5. The molecule has 2 aromatic rings. The van der Waals surface area contributed by atoms with Crippen LogP contribution in [0.5, 0.6) is 23.0 Å². The minimum absolute atomic E-state index is 0.0279. The largest absolute Gasteiger partial charge is 0.504 e. The van der Waals surface area contributed by atoms with E-state index in [0.29, 0.717) is 36.2 Å². The predicted molar refractivity (Wildman–Crippen MR) is 173 cm³/mol. The first-order valence-electron chi connectivity index (χ1n) is 16.6. The summed E-state index contributed by atoms with van der Waals surface area (Å²) in [5.74, 6) is -1.81. The summed E-state index contributed by atoms with van der Waals surface area (Å²) in [6.45, 7) is 4.78. The van der Waals surface area contributed by atoms with E-state index in [1.807, 2.05) is 0 Å². The van der Waals surface area contributed by atoms with Gasteiger partial charge in [-0.15, -0.1) is 0 Å². The number of phenolic OH excluding ortho intramolecular Hbond substituents is 2. The Kier molecular flexibility index (Phi) is 11.3. The van der Waals surface area contributed by atoms with Crippen molar-refractivity contribution >= 4 is 11.9 Å². The van der Waals surface area contributed by atoms with E-state index in [1.165, 1.54) is 26.4 Å². The van der Waals surface area contributed by atoms with E-state index in [1.54, 1.807) is 24.3 Å². The van der Waals surface area contributed by atoms with E-state index >= 15 is 0 Å². The van der Waals surface area contributed by atoms with Gasteiger partial charge in [-0.25, -0.2) is 0 Å². The zero-order valence-corrected chi connectivity index (χ0v) is 27.7. The summed E-state index contributed by atoms with van der Waals surface area (Å²) in [5, 5.41) is 20.7. The first kappa shape index (κ1) is 33.9. The van der Waals surface area contributed by atoms with Crippen molar-refractivity contribution in [3.8, 4) is 23.0 Å². The maximum Gasteiger partial charge on any atom is 0.310 e. The summed E-state index contributed by atoms with van der Waals surface area (Å²) in [4.78, 5) is 32.6. The summed E-state index contributed by atoms with van der Waals surface area (Å²) in [7, 11) is 7.18. The maximum absolute atomic E-state index is 14.0. The first-order valence-corrected chi connectivity index (χ1v) is 16.6. The third-order valence-corrected chi connectivity index (χ3v) is 10.5. The predicted octanol–water partition coefficient (Wildman–Crippen LogP) is 4.78. The Hall–Kier alpha value is -3.50. The molecule has 5 rings (SSSR count). The number of hydrogen-bond donors (Lipinski definition) is 2. The molecule has 2 N–H and O–H groups in total. The zero-order chi connectivity index (χ0) is 32.8. The van der Waals surface area contributed by atoms with Gasteiger partial charge in [0.2, 0.25) is 0 Å². The SMILES string of the molecule is COc1cc(C2C(C(=O)OCCC3CCN(C)CC3)C(c3ccc(O)c(OC)c3)C2C(=O)OCCC2CCN(C)CC2)ccc1O. The molecule has 3 aliphatic rings. The number of aromatic hydroxyl groups is 2. The number of rotatable bonds is 12. The molecule has 10 heteroatoms. The van der Waals surface area contributed by atoms with Crippen LogP contribution in [0.3, 0.4) is 0 Å². The Balaban J connectivity index is 1.41. The normalized spacial score (nSPS) is 24.6. The fraction of sp³-hybridized carbons (Fsp3) is 0.611. The van der Waals surface area contributed by atoms with Crippen molar-refractivity contribution in [2.45, 2.75) is 50.4 Å². The lowest BCUT2D eigenvalue weighted by Crippen LogP contribution is -2.52. The number of esters is 2. The number of carbonyl (C=O) groups excluding carboxylic acids is 2. The van der Waals surface area contributed by atoms with E-state index in [9.17, 15) is 19.8 Å². The molecule has 252 valence electrons. The van der Waals surface area contributed by atoms with Gasteiger partial charge in [0, 0.05) is 11.8 Å². The molecule has 0 spiro atoms. The standard InChI is InChI=1S/C36H50N2O8/c1-37-15-9-23(10-16-37)13-19-45-35(41)33-31(25-5-7-27(39)29(21-25)43-3)34(32(33)26-6-8-28(40)30(22-26)44-4)36(42)46-20-14-24-11-17-38(2)18-12-24/h5-8,21-24,31-34,39-40H,9-20H2,1-4H3. The molecule has 2 heterocycles. The molecule has 0 amide bonds. The fourth-order valence-corrected chi connectivity index (χ4v) is 7.51. The van der Waals surface area contributed by atoms with Crippen LogP contribution in [0.2, 0.25) is 0 Å². The quantitative estimate of drug-likeness (QED) is 0.315. The topological polar surface area (TPSA) is 118 Å². The monoisotopic (exact) mass is 638 g/mol. The Labute approximate surface area is 272 Å². The second-order valence-corrected chi connectivity index (χ2v) is 13.4. The minimum Gasteiger partial charge on any atom is -0.504 e. The summed E-state index contributed by atoms with van der Waals surface area (Å²) in [6.07, 6.45) is 5.90. The summed E-state index contributed by atoms with van der Waals surface area (Å²) >= 11 is 0. The maximum atomic E-state index is 14.0. The van der Waals surface area contributed by atoms with Crippen molar-refractivity contribution in [3.05, 3.63) is 47.5 Å². The van der Waals surface area contributed by atoms with Gasteiger partial charge in [0.25, 0.3) is 0 Å². The molecule has 10 nitrogen and oxygen atoms in total. The molecular formula is C36H50N2O8. The number of piperidine rings is 2. The Morgan fingerprint density at radius 1 is 0.674 bits per heavy atom. The second kappa shape index (κ2) is 15.4. The smallest absolute Gasteiger partial charge is 0.310 e. The molecule has 46 heavy (non-hydrogen) atoms. The number of benzene rings is 2. The van der Waals surface area contributed by atoms with Gasteiger partial charge in [-0.3, -0.25) is 9.59 Å². The van der Waals surface area contributed by atoms with Crippen LogP contribution in [0.4, 0.5) is 0 Å².